The molecule has 2 heteroatoms. The Morgan fingerprint density at radius 2 is 2.23 bits per heavy atom. The fraction of sp³-hybridized carbons (Fsp3) is 0.818. The van der Waals surface area contributed by atoms with Gasteiger partial charge < -0.3 is 0 Å². The lowest BCUT2D eigenvalue weighted by atomic mass is 9.84. The Balaban J connectivity index is 2.21. The molecule has 0 aromatic rings. The van der Waals surface area contributed by atoms with E-state index in [0.29, 0.717) is 5.41 Å². The van der Waals surface area contributed by atoms with Crippen molar-refractivity contribution in [3.63, 3.8) is 0 Å². The predicted molar refractivity (Wildman–Crippen MR) is 61.7 cm³/mol. The standard InChI is InChI=1S/C11H19ClSi/c1-9(13(2,3)12)11-6-4-10(8-11)5-7-11/h4,6,9-10H,5,7-8H2,1-3H3. The molecule has 3 unspecified atom stereocenters. The lowest BCUT2D eigenvalue weighted by Crippen LogP contribution is -2.34. The Bertz CT molecular complexity index is 241. The van der Waals surface area contributed by atoms with Crippen LogP contribution in [0.1, 0.15) is 26.2 Å². The Morgan fingerprint density at radius 1 is 1.54 bits per heavy atom. The number of hydrogen-bond donors (Lipinski definition) is 0. The van der Waals surface area contributed by atoms with E-state index in [0.717, 1.165) is 11.5 Å². The van der Waals surface area contributed by atoms with Crippen LogP contribution in [-0.2, 0) is 0 Å². The molecule has 2 rings (SSSR count). The number of fused-ring (bicyclic) bond motifs is 2. The molecular weight excluding hydrogens is 196 g/mol. The second-order valence-electron chi connectivity index (χ2n) is 5.38. The maximum atomic E-state index is 6.56. The zero-order valence-corrected chi connectivity index (χ0v) is 10.6. The molecule has 2 bridgehead atoms. The van der Waals surface area contributed by atoms with Crippen LogP contribution in [0.4, 0.5) is 0 Å². The van der Waals surface area contributed by atoms with Gasteiger partial charge in [0.15, 0.2) is 7.38 Å². The van der Waals surface area contributed by atoms with Crippen LogP contribution in [0, 0.1) is 11.3 Å². The highest BCUT2D eigenvalue weighted by Crippen LogP contribution is 2.58. The maximum absolute atomic E-state index is 6.56. The zero-order chi connectivity index (χ0) is 9.69. The van der Waals surface area contributed by atoms with Gasteiger partial charge in [-0.25, -0.2) is 0 Å². The fourth-order valence-electron chi connectivity index (χ4n) is 3.01. The molecule has 13 heavy (non-hydrogen) atoms. The van der Waals surface area contributed by atoms with Crippen LogP contribution in [0.25, 0.3) is 0 Å². The van der Waals surface area contributed by atoms with Gasteiger partial charge in [-0.05, 0) is 36.1 Å². The van der Waals surface area contributed by atoms with Crippen molar-refractivity contribution in [1.82, 2.24) is 0 Å². The van der Waals surface area contributed by atoms with Crippen molar-refractivity contribution in [1.29, 1.82) is 0 Å². The largest absolute Gasteiger partial charge is 0.167 e. The molecule has 0 aromatic heterocycles. The zero-order valence-electron chi connectivity index (χ0n) is 8.81. The number of rotatable bonds is 2. The molecule has 2 aliphatic carbocycles. The van der Waals surface area contributed by atoms with Gasteiger partial charge in [-0.3, -0.25) is 0 Å². The Kier molecular flexibility index (Phi) is 2.16. The van der Waals surface area contributed by atoms with Crippen LogP contribution >= 0.6 is 11.1 Å². The van der Waals surface area contributed by atoms with E-state index in [9.17, 15) is 0 Å². The second kappa shape index (κ2) is 2.87. The molecule has 0 heterocycles. The van der Waals surface area contributed by atoms with Crippen LogP contribution in [0.5, 0.6) is 0 Å². The van der Waals surface area contributed by atoms with Crippen molar-refractivity contribution in [2.24, 2.45) is 11.3 Å². The van der Waals surface area contributed by atoms with E-state index in [1.54, 1.807) is 0 Å². The molecular formula is C11H19ClSi. The Labute approximate surface area is 87.1 Å². The third-order valence-corrected chi connectivity index (χ3v) is 7.83. The second-order valence-corrected chi connectivity index (χ2v) is 12.3. The molecule has 0 aliphatic heterocycles. The van der Waals surface area contributed by atoms with E-state index >= 15 is 0 Å². The van der Waals surface area contributed by atoms with Gasteiger partial charge in [-0.2, -0.15) is 11.1 Å². The van der Waals surface area contributed by atoms with Crippen molar-refractivity contribution in [3.05, 3.63) is 12.2 Å². The topological polar surface area (TPSA) is 0 Å². The summed E-state index contributed by atoms with van der Waals surface area (Å²) >= 11 is 6.56. The molecule has 1 saturated carbocycles. The van der Waals surface area contributed by atoms with Gasteiger partial charge in [0.25, 0.3) is 0 Å². The SMILES string of the molecule is CC(C12C=CC(CC1)C2)[Si](C)(C)Cl. The van der Waals surface area contributed by atoms with Gasteiger partial charge in [0, 0.05) is 0 Å². The molecule has 0 saturated heterocycles. The van der Waals surface area contributed by atoms with Crippen LogP contribution in [-0.4, -0.2) is 7.38 Å². The number of allylic oxidation sites excluding steroid dienone is 2. The van der Waals surface area contributed by atoms with Crippen molar-refractivity contribution in [2.75, 3.05) is 0 Å². The van der Waals surface area contributed by atoms with E-state index in [2.05, 4.69) is 32.2 Å². The van der Waals surface area contributed by atoms with E-state index in [4.69, 9.17) is 11.1 Å². The van der Waals surface area contributed by atoms with Crippen LogP contribution < -0.4 is 0 Å². The van der Waals surface area contributed by atoms with Gasteiger partial charge in [0.1, 0.15) is 0 Å². The Morgan fingerprint density at radius 3 is 2.54 bits per heavy atom. The molecule has 0 spiro atoms. The fourth-order valence-corrected chi connectivity index (χ4v) is 5.39. The minimum Gasteiger partial charge on any atom is -0.167 e. The summed E-state index contributed by atoms with van der Waals surface area (Å²) in [5, 5.41) is 0. The first-order valence-electron chi connectivity index (χ1n) is 5.32. The Hall–Kier alpha value is 0.247. The smallest absolute Gasteiger partial charge is 0.154 e. The van der Waals surface area contributed by atoms with E-state index in [1.807, 2.05) is 0 Å². The van der Waals surface area contributed by atoms with E-state index < -0.39 is 7.38 Å². The molecule has 0 nitrogen and oxygen atoms in total. The quantitative estimate of drug-likeness (QED) is 0.368. The summed E-state index contributed by atoms with van der Waals surface area (Å²) in [6.45, 7) is 6.94. The van der Waals surface area contributed by atoms with Crippen molar-refractivity contribution >= 4 is 18.5 Å². The first-order chi connectivity index (χ1) is 5.94. The minimum atomic E-state index is -1.47. The lowest BCUT2D eigenvalue weighted by Gasteiger charge is -2.37. The van der Waals surface area contributed by atoms with E-state index in [1.165, 1.54) is 19.3 Å². The van der Waals surface area contributed by atoms with Gasteiger partial charge in [0.05, 0.1) is 0 Å². The normalized spacial score (nSPS) is 39.8. The maximum Gasteiger partial charge on any atom is 0.154 e. The van der Waals surface area contributed by atoms with Crippen molar-refractivity contribution in [2.45, 2.75) is 44.8 Å². The lowest BCUT2D eigenvalue weighted by molar-refractivity contribution is 0.382. The molecule has 1 fully saturated rings. The molecule has 0 aromatic carbocycles. The first-order valence-corrected chi connectivity index (χ1v) is 9.41. The average molecular weight is 215 g/mol. The van der Waals surface area contributed by atoms with Gasteiger partial charge in [-0.15, -0.1) is 0 Å². The summed E-state index contributed by atoms with van der Waals surface area (Å²) in [5.74, 6) is 0.885. The summed E-state index contributed by atoms with van der Waals surface area (Å²) in [6, 6.07) is 0. The molecule has 0 N–H and O–H groups in total. The van der Waals surface area contributed by atoms with Crippen molar-refractivity contribution in [3.8, 4) is 0 Å². The summed E-state index contributed by atoms with van der Waals surface area (Å²) in [7, 11) is -1.47. The van der Waals surface area contributed by atoms with E-state index in [-0.39, 0.29) is 0 Å². The minimum absolute atomic E-state index is 0.502. The van der Waals surface area contributed by atoms with Crippen LogP contribution in [0.2, 0.25) is 18.6 Å². The van der Waals surface area contributed by atoms with Crippen LogP contribution in [0.15, 0.2) is 12.2 Å². The monoisotopic (exact) mass is 214 g/mol. The highest BCUT2D eigenvalue weighted by molar-refractivity contribution is 7.19. The van der Waals surface area contributed by atoms with Crippen LogP contribution in [0.3, 0.4) is 0 Å². The average Bonchev–Trinajstić information content (AvgIpc) is 2.60. The third kappa shape index (κ3) is 1.50. The molecule has 0 radical (unpaired) electrons. The number of halogens is 1. The summed E-state index contributed by atoms with van der Waals surface area (Å²) < 4.78 is 0. The summed E-state index contributed by atoms with van der Waals surface area (Å²) in [6.07, 6.45) is 9.08. The van der Waals surface area contributed by atoms with Crippen molar-refractivity contribution < 1.29 is 0 Å². The van der Waals surface area contributed by atoms with Gasteiger partial charge >= 0.3 is 0 Å². The molecule has 74 valence electrons. The number of hydrogen-bond acceptors (Lipinski definition) is 0. The highest BCUT2D eigenvalue weighted by atomic mass is 35.6. The molecule has 2 aliphatic rings. The first kappa shape index (κ1) is 9.79. The van der Waals surface area contributed by atoms with Gasteiger partial charge in [-0.1, -0.05) is 32.2 Å². The molecule has 3 atom stereocenters. The van der Waals surface area contributed by atoms with Gasteiger partial charge in [0.2, 0.25) is 0 Å². The molecule has 0 amide bonds. The summed E-state index contributed by atoms with van der Waals surface area (Å²) in [5.41, 5.74) is 1.23. The predicted octanol–water partition coefficient (Wildman–Crippen LogP) is 4.18. The third-order valence-electron chi connectivity index (χ3n) is 4.22. The summed E-state index contributed by atoms with van der Waals surface area (Å²) in [4.78, 5) is 0. The highest BCUT2D eigenvalue weighted by Gasteiger charge is 2.49.